The number of fused-ring (bicyclic) bond motifs is 1. The van der Waals surface area contributed by atoms with Crippen LogP contribution in [0, 0.1) is 6.92 Å². The van der Waals surface area contributed by atoms with E-state index in [9.17, 15) is 23.1 Å². The van der Waals surface area contributed by atoms with E-state index in [4.69, 9.17) is 0 Å². The number of hydrogen-bond acceptors (Lipinski definition) is 3. The van der Waals surface area contributed by atoms with E-state index < -0.39 is 17.7 Å². The minimum absolute atomic E-state index is 0.192. The molecule has 0 aliphatic heterocycles. The molecule has 1 N–H and O–H groups in total. The normalized spacial score (nSPS) is 11.7. The molecule has 0 spiro atoms. The number of aromatic nitrogens is 3. The number of carboxylic acids is 1. The lowest BCUT2D eigenvalue weighted by Crippen LogP contribution is -2.07. The fourth-order valence-corrected chi connectivity index (χ4v) is 3.24. The summed E-state index contributed by atoms with van der Waals surface area (Å²) >= 11 is 0. The van der Waals surface area contributed by atoms with Gasteiger partial charge in [-0.25, -0.2) is 14.3 Å². The number of hydrogen-bond donors (Lipinski definition) is 1. The fourth-order valence-electron chi connectivity index (χ4n) is 3.24. The molecule has 0 saturated carbocycles. The standard InChI is InChI=1S/C21H14F3N3O2/c1-12-18(13-6-3-2-4-7-13)19-25-16(20(28)29)11-17(27(19)26-12)14-8-5-9-15(10-14)21(22,23)24/h2-11H,1H3,(H,28,29). The number of benzene rings is 2. The van der Waals surface area contributed by atoms with Crippen molar-refractivity contribution in [3.05, 3.63) is 77.6 Å². The van der Waals surface area contributed by atoms with Crippen molar-refractivity contribution in [1.29, 1.82) is 0 Å². The number of alkyl halides is 3. The van der Waals surface area contributed by atoms with Crippen LogP contribution in [0.15, 0.2) is 60.7 Å². The summed E-state index contributed by atoms with van der Waals surface area (Å²) in [5.41, 5.74) is 1.55. The van der Waals surface area contributed by atoms with Gasteiger partial charge in [0, 0.05) is 11.1 Å². The smallest absolute Gasteiger partial charge is 0.416 e. The van der Waals surface area contributed by atoms with Gasteiger partial charge in [-0.2, -0.15) is 18.3 Å². The first-order valence-electron chi connectivity index (χ1n) is 8.62. The Morgan fingerprint density at radius 3 is 2.34 bits per heavy atom. The van der Waals surface area contributed by atoms with Crippen molar-refractivity contribution < 1.29 is 23.1 Å². The summed E-state index contributed by atoms with van der Waals surface area (Å²) in [7, 11) is 0. The van der Waals surface area contributed by atoms with E-state index in [1.165, 1.54) is 22.7 Å². The minimum atomic E-state index is -4.52. The number of nitrogens with zero attached hydrogens (tertiary/aromatic N) is 3. The molecule has 0 atom stereocenters. The maximum atomic E-state index is 13.2. The summed E-state index contributed by atoms with van der Waals surface area (Å²) in [6.07, 6.45) is -4.52. The molecule has 2 aromatic carbocycles. The van der Waals surface area contributed by atoms with Crippen molar-refractivity contribution in [2.75, 3.05) is 0 Å². The molecular formula is C21H14F3N3O2. The van der Waals surface area contributed by atoms with Gasteiger partial charge in [0.15, 0.2) is 11.3 Å². The highest BCUT2D eigenvalue weighted by molar-refractivity contribution is 5.90. The number of rotatable bonds is 3. The summed E-state index contributed by atoms with van der Waals surface area (Å²) in [6, 6.07) is 15.1. The van der Waals surface area contributed by atoms with Gasteiger partial charge >= 0.3 is 12.1 Å². The molecule has 0 bridgehead atoms. The SMILES string of the molecule is Cc1nn2c(-c3cccc(C(F)(F)F)c3)cc(C(=O)O)nc2c1-c1ccccc1. The third kappa shape index (κ3) is 3.33. The molecule has 29 heavy (non-hydrogen) atoms. The zero-order chi connectivity index (χ0) is 20.8. The van der Waals surface area contributed by atoms with Gasteiger partial charge in [0.2, 0.25) is 0 Å². The Balaban J connectivity index is 2.04. The lowest BCUT2D eigenvalue weighted by Gasteiger charge is -2.11. The van der Waals surface area contributed by atoms with E-state index in [0.29, 0.717) is 11.3 Å². The summed E-state index contributed by atoms with van der Waals surface area (Å²) in [6.45, 7) is 1.74. The van der Waals surface area contributed by atoms with Crippen LogP contribution in [0.3, 0.4) is 0 Å². The lowest BCUT2D eigenvalue weighted by atomic mass is 10.1. The Kier molecular flexibility index (Phi) is 4.34. The van der Waals surface area contributed by atoms with Gasteiger partial charge in [0.05, 0.1) is 17.0 Å². The van der Waals surface area contributed by atoms with Crippen LogP contribution in [0.5, 0.6) is 0 Å². The Labute approximate surface area is 163 Å². The van der Waals surface area contributed by atoms with Crippen molar-refractivity contribution in [2.24, 2.45) is 0 Å². The number of carboxylic acid groups (broad SMARTS) is 1. The van der Waals surface area contributed by atoms with Gasteiger partial charge in [-0.05, 0) is 30.7 Å². The Morgan fingerprint density at radius 1 is 1.00 bits per heavy atom. The molecule has 2 heterocycles. The molecule has 8 heteroatoms. The lowest BCUT2D eigenvalue weighted by molar-refractivity contribution is -0.137. The average Bonchev–Trinajstić information content (AvgIpc) is 3.03. The molecule has 4 aromatic rings. The van der Waals surface area contributed by atoms with Crippen molar-refractivity contribution in [3.63, 3.8) is 0 Å². The van der Waals surface area contributed by atoms with Gasteiger partial charge in [0.25, 0.3) is 0 Å². The number of aromatic carboxylic acids is 1. The van der Waals surface area contributed by atoms with E-state index in [-0.39, 0.29) is 22.6 Å². The Hall–Kier alpha value is -3.68. The molecule has 0 aliphatic rings. The first-order valence-corrected chi connectivity index (χ1v) is 8.62. The molecule has 146 valence electrons. The second kappa shape index (κ2) is 6.73. The van der Waals surface area contributed by atoms with Crippen LogP contribution < -0.4 is 0 Å². The number of halogens is 3. The quantitative estimate of drug-likeness (QED) is 0.523. The predicted molar refractivity (Wildman–Crippen MR) is 101 cm³/mol. The zero-order valence-corrected chi connectivity index (χ0v) is 15.1. The molecule has 0 fully saturated rings. The molecule has 2 aromatic heterocycles. The monoisotopic (exact) mass is 397 g/mol. The molecule has 5 nitrogen and oxygen atoms in total. The van der Waals surface area contributed by atoms with Crippen molar-refractivity contribution in [1.82, 2.24) is 14.6 Å². The first-order chi connectivity index (χ1) is 13.8. The van der Waals surface area contributed by atoms with Crippen LogP contribution in [0.2, 0.25) is 0 Å². The van der Waals surface area contributed by atoms with Crippen LogP contribution in [-0.4, -0.2) is 25.7 Å². The maximum absolute atomic E-state index is 13.2. The van der Waals surface area contributed by atoms with Gasteiger partial charge in [-0.1, -0.05) is 42.5 Å². The third-order valence-electron chi connectivity index (χ3n) is 4.53. The topological polar surface area (TPSA) is 67.5 Å². The predicted octanol–water partition coefficient (Wildman–Crippen LogP) is 5.09. The largest absolute Gasteiger partial charge is 0.477 e. The van der Waals surface area contributed by atoms with E-state index in [1.54, 1.807) is 6.92 Å². The van der Waals surface area contributed by atoms with E-state index in [1.807, 2.05) is 30.3 Å². The first kappa shape index (κ1) is 18.7. The van der Waals surface area contributed by atoms with E-state index in [0.717, 1.165) is 17.7 Å². The van der Waals surface area contributed by atoms with E-state index >= 15 is 0 Å². The fraction of sp³-hybridized carbons (Fsp3) is 0.0952. The minimum Gasteiger partial charge on any atom is -0.477 e. The highest BCUT2D eigenvalue weighted by Crippen LogP contribution is 2.34. The van der Waals surface area contributed by atoms with Crippen molar-refractivity contribution >= 4 is 11.6 Å². The molecule has 0 radical (unpaired) electrons. The Bertz CT molecular complexity index is 1230. The van der Waals surface area contributed by atoms with E-state index in [2.05, 4.69) is 10.1 Å². The average molecular weight is 397 g/mol. The van der Waals surface area contributed by atoms with Crippen LogP contribution in [-0.2, 0) is 6.18 Å². The van der Waals surface area contributed by atoms with Crippen molar-refractivity contribution in [2.45, 2.75) is 13.1 Å². The zero-order valence-electron chi connectivity index (χ0n) is 15.1. The number of aryl methyl sites for hydroxylation is 1. The van der Waals surface area contributed by atoms with Gasteiger partial charge < -0.3 is 5.11 Å². The van der Waals surface area contributed by atoms with Gasteiger partial charge in [-0.3, -0.25) is 0 Å². The highest BCUT2D eigenvalue weighted by atomic mass is 19.4. The van der Waals surface area contributed by atoms with Crippen LogP contribution in [0.1, 0.15) is 21.7 Å². The number of carbonyl (C=O) groups is 1. The second-order valence-corrected chi connectivity index (χ2v) is 6.47. The van der Waals surface area contributed by atoms with Crippen molar-refractivity contribution in [3.8, 4) is 22.4 Å². The van der Waals surface area contributed by atoms with Crippen LogP contribution >= 0.6 is 0 Å². The van der Waals surface area contributed by atoms with Crippen LogP contribution in [0.25, 0.3) is 28.0 Å². The highest BCUT2D eigenvalue weighted by Gasteiger charge is 2.31. The molecule has 0 aliphatic carbocycles. The molecule has 0 amide bonds. The summed E-state index contributed by atoms with van der Waals surface area (Å²) in [5, 5.41) is 13.9. The van der Waals surface area contributed by atoms with Crippen LogP contribution in [0.4, 0.5) is 13.2 Å². The second-order valence-electron chi connectivity index (χ2n) is 6.47. The molecular weight excluding hydrogens is 383 g/mol. The third-order valence-corrected chi connectivity index (χ3v) is 4.53. The molecule has 4 rings (SSSR count). The van der Waals surface area contributed by atoms with Gasteiger partial charge in [0.1, 0.15) is 0 Å². The maximum Gasteiger partial charge on any atom is 0.416 e. The summed E-state index contributed by atoms with van der Waals surface area (Å²) < 4.78 is 40.9. The molecule has 0 saturated heterocycles. The summed E-state index contributed by atoms with van der Waals surface area (Å²) in [5.74, 6) is -1.28. The molecule has 0 unspecified atom stereocenters. The summed E-state index contributed by atoms with van der Waals surface area (Å²) in [4.78, 5) is 15.8. The van der Waals surface area contributed by atoms with Gasteiger partial charge in [-0.15, -0.1) is 0 Å². The Morgan fingerprint density at radius 2 is 1.69 bits per heavy atom.